The molecule has 0 N–H and O–H groups in total. The summed E-state index contributed by atoms with van der Waals surface area (Å²) in [5.74, 6) is 1.09. The van der Waals surface area contributed by atoms with Crippen LogP contribution in [0.3, 0.4) is 0 Å². The molecule has 0 atom stereocenters. The average Bonchev–Trinajstić information content (AvgIpc) is 3.04. The number of urea groups is 1. The Balaban J connectivity index is 1.63. The number of nitrogens with zero attached hydrogens (tertiary/aromatic N) is 2. The standard InChI is InChI=1S/C26H32N2O4/c1-25(2)11-12-26(3,4)21-13-18(8-10-20(21)25)28-23(29)16-27(24(28)30)15-17-7-9-19(31-5)14-22(17)32-6/h7-10,13-14H,11-12,15-16H2,1-6H3. The Morgan fingerprint density at radius 1 is 0.875 bits per heavy atom. The summed E-state index contributed by atoms with van der Waals surface area (Å²) in [6, 6.07) is 11.2. The van der Waals surface area contributed by atoms with Gasteiger partial charge in [-0.15, -0.1) is 0 Å². The highest BCUT2D eigenvalue weighted by Crippen LogP contribution is 2.47. The van der Waals surface area contributed by atoms with Gasteiger partial charge in [-0.1, -0.05) is 33.8 Å². The Kier molecular flexibility index (Phi) is 5.43. The zero-order chi connectivity index (χ0) is 23.3. The van der Waals surface area contributed by atoms with Crippen molar-refractivity contribution in [2.75, 3.05) is 25.7 Å². The van der Waals surface area contributed by atoms with Crippen LogP contribution >= 0.6 is 0 Å². The molecule has 1 aliphatic heterocycles. The summed E-state index contributed by atoms with van der Waals surface area (Å²) in [4.78, 5) is 29.0. The van der Waals surface area contributed by atoms with E-state index in [1.54, 1.807) is 25.2 Å². The van der Waals surface area contributed by atoms with Crippen molar-refractivity contribution in [3.05, 3.63) is 53.1 Å². The Hall–Kier alpha value is -3.02. The maximum Gasteiger partial charge on any atom is 0.332 e. The summed E-state index contributed by atoms with van der Waals surface area (Å²) >= 11 is 0. The first-order chi connectivity index (χ1) is 15.1. The highest BCUT2D eigenvalue weighted by molar-refractivity contribution is 6.19. The zero-order valence-corrected chi connectivity index (χ0v) is 19.8. The van der Waals surface area contributed by atoms with Crippen LogP contribution in [0.2, 0.25) is 0 Å². The lowest BCUT2D eigenvalue weighted by Crippen LogP contribution is -2.36. The number of amides is 3. The van der Waals surface area contributed by atoms with Crippen molar-refractivity contribution in [3.8, 4) is 11.5 Å². The van der Waals surface area contributed by atoms with Gasteiger partial charge in [0.25, 0.3) is 5.91 Å². The molecule has 1 fully saturated rings. The molecule has 2 aromatic carbocycles. The van der Waals surface area contributed by atoms with Gasteiger partial charge in [-0.2, -0.15) is 0 Å². The van der Waals surface area contributed by atoms with Crippen LogP contribution in [0.5, 0.6) is 11.5 Å². The summed E-state index contributed by atoms with van der Waals surface area (Å²) < 4.78 is 10.7. The zero-order valence-electron chi connectivity index (χ0n) is 19.8. The van der Waals surface area contributed by atoms with E-state index in [9.17, 15) is 9.59 Å². The monoisotopic (exact) mass is 436 g/mol. The second-order valence-electron chi connectivity index (χ2n) is 10.0. The van der Waals surface area contributed by atoms with Crippen molar-refractivity contribution in [2.45, 2.75) is 57.9 Å². The molecule has 2 aromatic rings. The molecule has 170 valence electrons. The summed E-state index contributed by atoms with van der Waals surface area (Å²) in [7, 11) is 3.17. The number of fused-ring (bicyclic) bond motifs is 1. The first kappa shape index (κ1) is 22.2. The lowest BCUT2D eigenvalue weighted by Gasteiger charge is -2.42. The second kappa shape index (κ2) is 7.84. The first-order valence-electron chi connectivity index (χ1n) is 11.1. The van der Waals surface area contributed by atoms with Crippen LogP contribution in [0.25, 0.3) is 0 Å². The molecule has 1 saturated heterocycles. The van der Waals surface area contributed by atoms with E-state index in [0.717, 1.165) is 18.4 Å². The highest BCUT2D eigenvalue weighted by Gasteiger charge is 2.41. The molecule has 1 heterocycles. The topological polar surface area (TPSA) is 59.1 Å². The smallest absolute Gasteiger partial charge is 0.332 e. The van der Waals surface area contributed by atoms with E-state index in [2.05, 4.69) is 33.8 Å². The fraction of sp³-hybridized carbons (Fsp3) is 0.462. The van der Waals surface area contributed by atoms with E-state index < -0.39 is 0 Å². The Bertz CT molecular complexity index is 1070. The number of hydrogen-bond donors (Lipinski definition) is 0. The van der Waals surface area contributed by atoms with Crippen LogP contribution in [0.4, 0.5) is 10.5 Å². The van der Waals surface area contributed by atoms with Gasteiger partial charge in [0.1, 0.15) is 18.0 Å². The molecule has 0 bridgehead atoms. The third-order valence-electron chi connectivity index (χ3n) is 6.99. The molecule has 6 nitrogen and oxygen atoms in total. The predicted octanol–water partition coefficient (Wildman–Crippen LogP) is 5.02. The van der Waals surface area contributed by atoms with Crippen molar-refractivity contribution in [1.29, 1.82) is 0 Å². The molecule has 0 aromatic heterocycles. The van der Waals surface area contributed by atoms with E-state index in [0.29, 0.717) is 17.2 Å². The number of methoxy groups -OCH3 is 2. The van der Waals surface area contributed by atoms with Crippen molar-refractivity contribution < 1.29 is 19.1 Å². The number of anilines is 1. The number of rotatable bonds is 5. The lowest BCUT2D eigenvalue weighted by molar-refractivity contribution is -0.116. The van der Waals surface area contributed by atoms with Gasteiger partial charge in [-0.05, 0) is 59.1 Å². The van der Waals surface area contributed by atoms with Crippen molar-refractivity contribution in [1.82, 2.24) is 4.90 Å². The maximum atomic E-state index is 13.3. The van der Waals surface area contributed by atoms with Crippen LogP contribution in [-0.2, 0) is 22.2 Å². The molecule has 1 aliphatic carbocycles. The number of benzene rings is 2. The minimum atomic E-state index is -0.305. The SMILES string of the molecule is COc1ccc(CN2CC(=O)N(c3ccc4c(c3)C(C)(C)CCC4(C)C)C2=O)c(OC)c1. The predicted molar refractivity (Wildman–Crippen MR) is 125 cm³/mol. The van der Waals surface area contributed by atoms with Crippen molar-refractivity contribution >= 4 is 17.6 Å². The number of hydrogen-bond acceptors (Lipinski definition) is 4. The summed E-state index contributed by atoms with van der Waals surface area (Å²) in [5, 5.41) is 0. The number of carbonyl (C=O) groups excluding carboxylic acids is 2. The van der Waals surface area contributed by atoms with Gasteiger partial charge in [0, 0.05) is 11.6 Å². The summed E-state index contributed by atoms with van der Waals surface area (Å²) in [6.07, 6.45) is 2.19. The highest BCUT2D eigenvalue weighted by atomic mass is 16.5. The minimum Gasteiger partial charge on any atom is -0.497 e. The Labute approximate surface area is 190 Å². The largest absolute Gasteiger partial charge is 0.497 e. The van der Waals surface area contributed by atoms with Gasteiger partial charge in [0.15, 0.2) is 0 Å². The van der Waals surface area contributed by atoms with Crippen LogP contribution in [0, 0.1) is 0 Å². The van der Waals surface area contributed by atoms with Gasteiger partial charge < -0.3 is 14.4 Å². The number of ether oxygens (including phenoxy) is 2. The Morgan fingerprint density at radius 3 is 2.22 bits per heavy atom. The summed E-state index contributed by atoms with van der Waals surface area (Å²) in [6.45, 7) is 9.33. The number of carbonyl (C=O) groups is 2. The van der Waals surface area contributed by atoms with E-state index in [1.165, 1.54) is 16.0 Å². The van der Waals surface area contributed by atoms with Gasteiger partial charge in [-0.3, -0.25) is 4.79 Å². The van der Waals surface area contributed by atoms with Gasteiger partial charge in [0.05, 0.1) is 26.5 Å². The third kappa shape index (κ3) is 3.72. The van der Waals surface area contributed by atoms with Crippen molar-refractivity contribution in [3.63, 3.8) is 0 Å². The molecule has 0 radical (unpaired) electrons. The molecule has 3 amide bonds. The van der Waals surface area contributed by atoms with E-state index >= 15 is 0 Å². The van der Waals surface area contributed by atoms with Crippen LogP contribution in [-0.4, -0.2) is 37.6 Å². The molecule has 32 heavy (non-hydrogen) atoms. The summed E-state index contributed by atoms with van der Waals surface area (Å²) in [5.41, 5.74) is 4.08. The maximum absolute atomic E-state index is 13.3. The van der Waals surface area contributed by atoms with Gasteiger partial charge >= 0.3 is 6.03 Å². The van der Waals surface area contributed by atoms with Gasteiger partial charge in [0.2, 0.25) is 0 Å². The molecular weight excluding hydrogens is 404 g/mol. The van der Waals surface area contributed by atoms with E-state index in [4.69, 9.17) is 9.47 Å². The van der Waals surface area contributed by atoms with Gasteiger partial charge in [-0.25, -0.2) is 9.69 Å². The second-order valence-corrected chi connectivity index (χ2v) is 10.0. The number of imide groups is 1. The fourth-order valence-electron chi connectivity index (χ4n) is 4.83. The molecule has 0 spiro atoms. The Morgan fingerprint density at radius 2 is 1.56 bits per heavy atom. The molecule has 4 rings (SSSR count). The molecular formula is C26H32N2O4. The van der Waals surface area contributed by atoms with Crippen LogP contribution < -0.4 is 14.4 Å². The molecule has 6 heteroatoms. The molecule has 0 unspecified atom stereocenters. The van der Waals surface area contributed by atoms with E-state index in [1.807, 2.05) is 24.3 Å². The van der Waals surface area contributed by atoms with E-state index in [-0.39, 0.29) is 35.9 Å². The minimum absolute atomic E-state index is 0.00281. The first-order valence-corrected chi connectivity index (χ1v) is 11.1. The molecule has 0 saturated carbocycles. The lowest BCUT2D eigenvalue weighted by atomic mass is 9.63. The quantitative estimate of drug-likeness (QED) is 0.618. The van der Waals surface area contributed by atoms with Crippen LogP contribution in [0.15, 0.2) is 36.4 Å². The average molecular weight is 437 g/mol. The van der Waals surface area contributed by atoms with Crippen LogP contribution in [0.1, 0.15) is 57.2 Å². The third-order valence-corrected chi connectivity index (χ3v) is 6.99. The van der Waals surface area contributed by atoms with Crippen molar-refractivity contribution in [2.24, 2.45) is 0 Å². The molecule has 2 aliphatic rings. The fourth-order valence-corrected chi connectivity index (χ4v) is 4.83. The normalized spacial score (nSPS) is 19.2.